The van der Waals surface area contributed by atoms with Crippen LogP contribution in [0, 0.1) is 0 Å². The zero-order valence-electron chi connectivity index (χ0n) is 8.08. The van der Waals surface area contributed by atoms with E-state index >= 15 is 0 Å². The monoisotopic (exact) mass is 186 g/mol. The Kier molecular flexibility index (Phi) is 4.18. The first-order valence-corrected chi connectivity index (χ1v) is 4.80. The molecular formula is C9H18N2O2. The number of likely N-dealkylation sites (N-methyl/N-ethyl adjacent to an activating group) is 1. The summed E-state index contributed by atoms with van der Waals surface area (Å²) in [6.45, 7) is 0.856. The average molecular weight is 186 g/mol. The van der Waals surface area contributed by atoms with Crippen LogP contribution < -0.4 is 11.1 Å². The minimum atomic E-state index is -0.268. The minimum absolute atomic E-state index is 0.0459. The van der Waals surface area contributed by atoms with E-state index in [9.17, 15) is 4.79 Å². The first-order chi connectivity index (χ1) is 6.22. The number of rotatable bonds is 4. The Labute approximate surface area is 78.8 Å². The average Bonchev–Trinajstić information content (AvgIpc) is 2.04. The van der Waals surface area contributed by atoms with Crippen molar-refractivity contribution < 1.29 is 9.53 Å². The Morgan fingerprint density at radius 1 is 1.54 bits per heavy atom. The molecule has 0 radical (unpaired) electrons. The molecule has 76 valence electrons. The zero-order chi connectivity index (χ0) is 9.68. The van der Waals surface area contributed by atoms with Crippen LogP contribution in [0.2, 0.25) is 0 Å². The van der Waals surface area contributed by atoms with E-state index in [4.69, 9.17) is 10.5 Å². The topological polar surface area (TPSA) is 64.3 Å². The standard InChI is InChI=1S/C9H18N2O2/c1-11-6-8-4-2-3-7(13-8)5-9(10)12/h7-8,11H,2-6H2,1H3,(H2,10,12). The van der Waals surface area contributed by atoms with Crippen LogP contribution in [0.15, 0.2) is 0 Å². The maximum atomic E-state index is 10.7. The predicted molar refractivity (Wildman–Crippen MR) is 50.3 cm³/mol. The fourth-order valence-electron chi connectivity index (χ4n) is 1.73. The zero-order valence-corrected chi connectivity index (χ0v) is 8.08. The molecule has 1 fully saturated rings. The fourth-order valence-corrected chi connectivity index (χ4v) is 1.73. The number of amides is 1. The summed E-state index contributed by atoms with van der Waals surface area (Å²) < 4.78 is 5.67. The minimum Gasteiger partial charge on any atom is -0.373 e. The van der Waals surface area contributed by atoms with E-state index in [2.05, 4.69) is 5.32 Å². The summed E-state index contributed by atoms with van der Waals surface area (Å²) in [5, 5.41) is 3.07. The van der Waals surface area contributed by atoms with Gasteiger partial charge in [0, 0.05) is 6.54 Å². The summed E-state index contributed by atoms with van der Waals surface area (Å²) in [4.78, 5) is 10.7. The van der Waals surface area contributed by atoms with Gasteiger partial charge in [0.05, 0.1) is 18.6 Å². The van der Waals surface area contributed by atoms with Gasteiger partial charge >= 0.3 is 0 Å². The van der Waals surface area contributed by atoms with Crippen LogP contribution in [0.1, 0.15) is 25.7 Å². The molecule has 1 saturated heterocycles. The quantitative estimate of drug-likeness (QED) is 0.650. The lowest BCUT2D eigenvalue weighted by molar-refractivity contribution is -0.124. The van der Waals surface area contributed by atoms with Gasteiger partial charge in [-0.3, -0.25) is 4.79 Å². The smallest absolute Gasteiger partial charge is 0.220 e. The van der Waals surface area contributed by atoms with Crippen molar-refractivity contribution >= 4 is 5.91 Å². The van der Waals surface area contributed by atoms with E-state index in [0.717, 1.165) is 25.8 Å². The van der Waals surface area contributed by atoms with Gasteiger partial charge < -0.3 is 15.8 Å². The Hall–Kier alpha value is -0.610. The number of hydrogen-bond acceptors (Lipinski definition) is 3. The van der Waals surface area contributed by atoms with Gasteiger partial charge in [0.1, 0.15) is 0 Å². The Morgan fingerprint density at radius 2 is 2.23 bits per heavy atom. The van der Waals surface area contributed by atoms with E-state index < -0.39 is 0 Å². The van der Waals surface area contributed by atoms with E-state index in [1.165, 1.54) is 0 Å². The molecule has 0 aromatic heterocycles. The first-order valence-electron chi connectivity index (χ1n) is 4.80. The third kappa shape index (κ3) is 3.74. The van der Waals surface area contributed by atoms with Crippen molar-refractivity contribution in [1.82, 2.24) is 5.32 Å². The number of hydrogen-bond donors (Lipinski definition) is 2. The van der Waals surface area contributed by atoms with Gasteiger partial charge in [-0.05, 0) is 26.3 Å². The van der Waals surface area contributed by atoms with Crippen molar-refractivity contribution in [3.8, 4) is 0 Å². The first kappa shape index (κ1) is 10.5. The summed E-state index contributed by atoms with van der Waals surface area (Å²) in [7, 11) is 1.90. The van der Waals surface area contributed by atoms with E-state index in [1.807, 2.05) is 7.05 Å². The molecule has 1 amide bonds. The van der Waals surface area contributed by atoms with E-state index in [0.29, 0.717) is 6.42 Å². The van der Waals surface area contributed by atoms with Crippen LogP contribution in [0.25, 0.3) is 0 Å². The lowest BCUT2D eigenvalue weighted by Gasteiger charge is -2.29. The van der Waals surface area contributed by atoms with Crippen molar-refractivity contribution in [3.05, 3.63) is 0 Å². The third-order valence-corrected chi connectivity index (χ3v) is 2.30. The lowest BCUT2D eigenvalue weighted by atomic mass is 10.0. The van der Waals surface area contributed by atoms with Crippen LogP contribution >= 0.6 is 0 Å². The highest BCUT2D eigenvalue weighted by atomic mass is 16.5. The molecular weight excluding hydrogens is 168 g/mol. The molecule has 0 aliphatic carbocycles. The molecule has 4 heteroatoms. The number of carbonyl (C=O) groups is 1. The van der Waals surface area contributed by atoms with Crippen LogP contribution in [0.5, 0.6) is 0 Å². The summed E-state index contributed by atoms with van der Waals surface area (Å²) in [5.41, 5.74) is 5.11. The molecule has 1 aliphatic heterocycles. The summed E-state index contributed by atoms with van der Waals surface area (Å²) in [6.07, 6.45) is 3.83. The van der Waals surface area contributed by atoms with Crippen molar-refractivity contribution in [3.63, 3.8) is 0 Å². The molecule has 0 saturated carbocycles. The maximum absolute atomic E-state index is 10.7. The van der Waals surface area contributed by atoms with Crippen LogP contribution in [0.4, 0.5) is 0 Å². The second kappa shape index (κ2) is 5.19. The SMILES string of the molecule is CNCC1CCCC(CC(N)=O)O1. The molecule has 13 heavy (non-hydrogen) atoms. The van der Waals surface area contributed by atoms with Crippen molar-refractivity contribution in [2.24, 2.45) is 5.73 Å². The van der Waals surface area contributed by atoms with E-state index in [-0.39, 0.29) is 18.1 Å². The number of primary amides is 1. The van der Waals surface area contributed by atoms with Crippen molar-refractivity contribution in [2.75, 3.05) is 13.6 Å². The summed E-state index contributed by atoms with van der Waals surface area (Å²) in [6, 6.07) is 0. The largest absolute Gasteiger partial charge is 0.373 e. The van der Waals surface area contributed by atoms with Crippen LogP contribution in [-0.4, -0.2) is 31.7 Å². The summed E-state index contributed by atoms with van der Waals surface area (Å²) >= 11 is 0. The highest BCUT2D eigenvalue weighted by Gasteiger charge is 2.22. The molecule has 3 N–H and O–H groups in total. The van der Waals surface area contributed by atoms with Crippen molar-refractivity contribution in [1.29, 1.82) is 0 Å². The van der Waals surface area contributed by atoms with E-state index in [1.54, 1.807) is 0 Å². The number of carbonyl (C=O) groups excluding carboxylic acids is 1. The predicted octanol–water partition coefficient (Wildman–Crippen LogP) is 0.0189. The van der Waals surface area contributed by atoms with Crippen LogP contribution in [0.3, 0.4) is 0 Å². The maximum Gasteiger partial charge on any atom is 0.220 e. The highest BCUT2D eigenvalue weighted by Crippen LogP contribution is 2.20. The fraction of sp³-hybridized carbons (Fsp3) is 0.889. The van der Waals surface area contributed by atoms with Gasteiger partial charge in [-0.2, -0.15) is 0 Å². The number of ether oxygens (including phenoxy) is 1. The molecule has 2 atom stereocenters. The number of nitrogens with one attached hydrogen (secondary N) is 1. The van der Waals surface area contributed by atoms with Crippen molar-refractivity contribution in [2.45, 2.75) is 37.9 Å². The van der Waals surface area contributed by atoms with Crippen LogP contribution in [-0.2, 0) is 9.53 Å². The molecule has 4 nitrogen and oxygen atoms in total. The van der Waals surface area contributed by atoms with Gasteiger partial charge in [0.25, 0.3) is 0 Å². The molecule has 2 unspecified atom stereocenters. The van der Waals surface area contributed by atoms with Gasteiger partial charge in [0.15, 0.2) is 0 Å². The third-order valence-electron chi connectivity index (χ3n) is 2.30. The number of nitrogens with two attached hydrogens (primary N) is 1. The Bertz CT molecular complexity index is 171. The second-order valence-corrected chi connectivity index (χ2v) is 3.54. The van der Waals surface area contributed by atoms with Gasteiger partial charge in [-0.1, -0.05) is 0 Å². The molecule has 0 aromatic rings. The molecule has 1 aliphatic rings. The van der Waals surface area contributed by atoms with Gasteiger partial charge in [-0.15, -0.1) is 0 Å². The highest BCUT2D eigenvalue weighted by molar-refractivity contribution is 5.74. The lowest BCUT2D eigenvalue weighted by Crippen LogP contribution is -2.36. The molecule has 0 bridgehead atoms. The normalized spacial score (nSPS) is 28.7. The molecule has 0 aromatic carbocycles. The Balaban J connectivity index is 2.28. The van der Waals surface area contributed by atoms with Gasteiger partial charge in [0.2, 0.25) is 5.91 Å². The molecule has 1 rings (SSSR count). The Morgan fingerprint density at radius 3 is 2.85 bits per heavy atom. The summed E-state index contributed by atoms with van der Waals surface area (Å²) in [5.74, 6) is -0.268. The van der Waals surface area contributed by atoms with Gasteiger partial charge in [-0.25, -0.2) is 0 Å². The molecule has 1 heterocycles. The second-order valence-electron chi connectivity index (χ2n) is 3.54. The molecule has 0 spiro atoms.